The van der Waals surface area contributed by atoms with Gasteiger partial charge >= 0.3 is 5.97 Å². The molecule has 0 bridgehead atoms. The molecule has 1 heterocycles. The van der Waals surface area contributed by atoms with E-state index in [1.807, 2.05) is 12.2 Å². The lowest BCUT2D eigenvalue weighted by Gasteiger charge is -2.14. The van der Waals surface area contributed by atoms with Gasteiger partial charge in [0.25, 0.3) is 0 Å². The highest BCUT2D eigenvalue weighted by molar-refractivity contribution is 6.38. The molecule has 2 aromatic carbocycles. The van der Waals surface area contributed by atoms with E-state index in [2.05, 4.69) is 10.3 Å². The highest BCUT2D eigenvalue weighted by Gasteiger charge is 2.14. The number of aromatic nitrogens is 1. The summed E-state index contributed by atoms with van der Waals surface area (Å²) in [4.78, 5) is 14.9. The molecule has 0 unspecified atom stereocenters. The van der Waals surface area contributed by atoms with Crippen LogP contribution in [0.4, 0.5) is 11.5 Å². The van der Waals surface area contributed by atoms with Gasteiger partial charge in [0.1, 0.15) is 5.82 Å². The summed E-state index contributed by atoms with van der Waals surface area (Å²) in [5, 5.41) is 32.0. The Labute approximate surface area is 245 Å². The van der Waals surface area contributed by atoms with Gasteiger partial charge in [-0.25, -0.2) is 4.98 Å². The van der Waals surface area contributed by atoms with Crippen molar-refractivity contribution in [3.63, 3.8) is 0 Å². The van der Waals surface area contributed by atoms with Crippen molar-refractivity contribution in [1.29, 1.82) is 0 Å². The van der Waals surface area contributed by atoms with Crippen molar-refractivity contribution >= 4 is 63.9 Å². The van der Waals surface area contributed by atoms with Crippen LogP contribution in [0.3, 0.4) is 0 Å². The van der Waals surface area contributed by atoms with Gasteiger partial charge in [0.05, 0.1) is 38.9 Å². The van der Waals surface area contributed by atoms with E-state index in [1.165, 1.54) is 12.3 Å². The first-order valence-corrected chi connectivity index (χ1v) is 13.3. The minimum absolute atomic E-state index is 0.00771. The summed E-state index contributed by atoms with van der Waals surface area (Å²) in [5.74, 6) is 0.0703. The van der Waals surface area contributed by atoms with E-state index in [0.717, 1.165) is 5.56 Å². The number of halogens is 4. The number of hydrogen-bond acceptors (Lipinski definition) is 7. The topological polar surface area (TPSA) is 121 Å². The van der Waals surface area contributed by atoms with Crippen LogP contribution in [0.1, 0.15) is 36.7 Å². The Morgan fingerprint density at radius 2 is 1.46 bits per heavy atom. The molecule has 0 saturated heterocycles. The predicted octanol–water partition coefficient (Wildman–Crippen LogP) is 7.23. The summed E-state index contributed by atoms with van der Waals surface area (Å²) < 4.78 is 11.4. The molecular weight excluding hydrogens is 590 g/mol. The number of ether oxygens (including phenoxy) is 2. The second-order valence-corrected chi connectivity index (χ2v) is 9.87. The van der Waals surface area contributed by atoms with Crippen LogP contribution < -0.4 is 14.8 Å². The van der Waals surface area contributed by atoms with Crippen molar-refractivity contribution in [2.75, 3.05) is 18.5 Å². The van der Waals surface area contributed by atoms with Crippen LogP contribution in [0.25, 0.3) is 0 Å². The first-order chi connectivity index (χ1) is 18.7. The minimum Gasteiger partial charge on any atom is -0.490 e. The van der Waals surface area contributed by atoms with Gasteiger partial charge in [0, 0.05) is 18.3 Å². The summed E-state index contributed by atoms with van der Waals surface area (Å²) in [6.45, 7) is 0.683. The van der Waals surface area contributed by atoms with Crippen LogP contribution in [-0.2, 0) is 11.2 Å². The van der Waals surface area contributed by atoms with Crippen molar-refractivity contribution in [1.82, 2.24) is 4.98 Å². The molecule has 39 heavy (non-hydrogen) atoms. The van der Waals surface area contributed by atoms with Gasteiger partial charge in [-0.2, -0.15) is 0 Å². The molecule has 0 amide bonds. The molecule has 0 radical (unpaired) electrons. The number of carbonyl (C=O) groups is 1. The van der Waals surface area contributed by atoms with Gasteiger partial charge in [-0.15, -0.1) is 0 Å². The maximum absolute atomic E-state index is 10.7. The quantitative estimate of drug-likeness (QED) is 0.0851. The van der Waals surface area contributed by atoms with E-state index >= 15 is 0 Å². The number of aryl methyl sites for hydroxylation is 1. The summed E-state index contributed by atoms with van der Waals surface area (Å²) in [7, 11) is 0. The molecule has 0 aliphatic rings. The van der Waals surface area contributed by atoms with Crippen LogP contribution in [0.5, 0.6) is 11.5 Å². The van der Waals surface area contributed by atoms with Crippen LogP contribution in [0.2, 0.25) is 20.1 Å². The Hall–Kier alpha value is -2.72. The third-order valence-corrected chi connectivity index (χ3v) is 6.42. The van der Waals surface area contributed by atoms with Crippen LogP contribution in [0, 0.1) is 0 Å². The molecule has 12 heteroatoms. The molecule has 8 nitrogen and oxygen atoms in total. The number of aliphatic carboxylic acids is 1. The van der Waals surface area contributed by atoms with Gasteiger partial charge in [0.15, 0.2) is 17.8 Å². The maximum atomic E-state index is 10.7. The van der Waals surface area contributed by atoms with Crippen LogP contribution >= 0.6 is 46.4 Å². The number of anilines is 2. The number of carboxylic acids is 1. The lowest BCUT2D eigenvalue weighted by atomic mass is 10.1. The summed E-state index contributed by atoms with van der Waals surface area (Å²) in [6, 6.07) is 9.66. The molecule has 208 valence electrons. The minimum atomic E-state index is -1.69. The summed E-state index contributed by atoms with van der Waals surface area (Å²) in [5.41, 5.74) is 1.45. The SMILES string of the molecule is O=C(O)CCc1cc(Cl)c(OCC/C=C/CCOc2c(Cl)cc(Nc3ncccc3C(O)O)cc2Cl)c(Cl)c1. The molecule has 3 aromatic rings. The van der Waals surface area contributed by atoms with Crippen molar-refractivity contribution < 1.29 is 29.6 Å². The molecule has 0 atom stereocenters. The number of hydrogen-bond donors (Lipinski definition) is 4. The number of nitrogens with one attached hydrogen (secondary N) is 1. The van der Waals surface area contributed by atoms with E-state index in [4.69, 9.17) is 61.0 Å². The van der Waals surface area contributed by atoms with Crippen LogP contribution in [0.15, 0.2) is 54.7 Å². The van der Waals surface area contributed by atoms with Crippen molar-refractivity contribution in [3.8, 4) is 11.5 Å². The second kappa shape index (κ2) is 15.2. The van der Waals surface area contributed by atoms with E-state index in [1.54, 1.807) is 30.3 Å². The number of aliphatic hydroxyl groups is 2. The number of rotatable bonds is 14. The molecule has 0 spiro atoms. The standard InChI is InChI=1S/C27H26Cl4N2O6/c28-19-12-16(7-8-23(34)35)13-20(29)24(19)38-10-3-1-2-4-11-39-25-21(30)14-17(15-22(25)31)33-26-18(27(36)37)6-5-9-32-26/h1-2,5-6,9,12-15,27,36-37H,3-4,7-8,10-11H2,(H,32,33)(H,34,35)/b2-1+. The second-order valence-electron chi connectivity index (χ2n) is 8.24. The molecule has 0 saturated carbocycles. The van der Waals surface area contributed by atoms with E-state index < -0.39 is 12.3 Å². The molecule has 1 aromatic heterocycles. The fourth-order valence-electron chi connectivity index (χ4n) is 3.48. The Kier molecular flexibility index (Phi) is 12.0. The Bertz CT molecular complexity index is 1270. The Balaban J connectivity index is 1.44. The van der Waals surface area contributed by atoms with E-state index in [9.17, 15) is 15.0 Å². The number of benzene rings is 2. The zero-order chi connectivity index (χ0) is 28.4. The summed E-state index contributed by atoms with van der Waals surface area (Å²) >= 11 is 25.2. The molecular formula is C27H26Cl4N2O6. The van der Waals surface area contributed by atoms with Gasteiger partial charge < -0.3 is 30.1 Å². The average Bonchev–Trinajstić information content (AvgIpc) is 2.87. The first kappa shape index (κ1) is 30.8. The predicted molar refractivity (Wildman–Crippen MR) is 153 cm³/mol. The van der Waals surface area contributed by atoms with Crippen molar-refractivity contribution in [2.24, 2.45) is 0 Å². The number of nitrogens with zero attached hydrogens (tertiary/aromatic N) is 1. The van der Waals surface area contributed by atoms with Crippen molar-refractivity contribution in [3.05, 3.63) is 86.0 Å². The lowest BCUT2D eigenvalue weighted by molar-refractivity contribution is -0.136. The van der Waals surface area contributed by atoms with E-state index in [-0.39, 0.29) is 27.8 Å². The average molecular weight is 616 g/mol. The van der Waals surface area contributed by atoms with Gasteiger partial charge in [-0.05, 0) is 61.2 Å². The Morgan fingerprint density at radius 3 is 1.97 bits per heavy atom. The van der Waals surface area contributed by atoms with Gasteiger partial charge in [-0.3, -0.25) is 4.79 Å². The molecule has 0 aliphatic carbocycles. The zero-order valence-electron chi connectivity index (χ0n) is 20.5. The van der Waals surface area contributed by atoms with Gasteiger partial charge in [0.2, 0.25) is 0 Å². The maximum Gasteiger partial charge on any atom is 0.303 e. The fourth-order valence-corrected chi connectivity index (χ4v) is 4.71. The Morgan fingerprint density at radius 1 is 0.923 bits per heavy atom. The first-order valence-electron chi connectivity index (χ1n) is 11.8. The smallest absolute Gasteiger partial charge is 0.303 e. The zero-order valence-corrected chi connectivity index (χ0v) is 23.6. The molecule has 0 fully saturated rings. The van der Waals surface area contributed by atoms with Crippen molar-refractivity contribution in [2.45, 2.75) is 32.0 Å². The lowest BCUT2D eigenvalue weighted by Crippen LogP contribution is -2.04. The molecule has 3 rings (SSSR count). The normalized spacial score (nSPS) is 11.3. The highest BCUT2D eigenvalue weighted by Crippen LogP contribution is 2.37. The monoisotopic (exact) mass is 614 g/mol. The molecule has 0 aliphatic heterocycles. The van der Waals surface area contributed by atoms with Gasteiger partial charge in [-0.1, -0.05) is 58.6 Å². The van der Waals surface area contributed by atoms with E-state index in [0.29, 0.717) is 59.7 Å². The summed E-state index contributed by atoms with van der Waals surface area (Å²) in [6.07, 6.45) is 5.22. The van der Waals surface area contributed by atoms with Crippen LogP contribution in [-0.4, -0.2) is 39.5 Å². The largest absolute Gasteiger partial charge is 0.490 e. The number of carboxylic acid groups (broad SMARTS) is 1. The number of pyridine rings is 1. The number of aliphatic hydroxyl groups excluding tert-OH is 1. The highest BCUT2D eigenvalue weighted by atomic mass is 35.5. The third kappa shape index (κ3) is 9.46. The molecule has 4 N–H and O–H groups in total. The fraction of sp³-hybridized carbons (Fsp3) is 0.259. The third-order valence-electron chi connectivity index (χ3n) is 5.29.